The number of anilines is 1. The summed E-state index contributed by atoms with van der Waals surface area (Å²) in [7, 11) is 1.63. The predicted octanol–water partition coefficient (Wildman–Crippen LogP) is 1.99. The lowest BCUT2D eigenvalue weighted by Crippen LogP contribution is -2.49. The van der Waals surface area contributed by atoms with Crippen molar-refractivity contribution in [3.8, 4) is 5.75 Å². The molecule has 0 aliphatic carbocycles. The first kappa shape index (κ1) is 21.0. The lowest BCUT2D eigenvalue weighted by molar-refractivity contribution is -0.120. The molecule has 1 aliphatic rings. The van der Waals surface area contributed by atoms with Crippen LogP contribution in [0.2, 0.25) is 0 Å². The molecule has 1 atom stereocenters. The number of hydrogen-bond acceptors (Lipinski definition) is 6. The van der Waals surface area contributed by atoms with Crippen molar-refractivity contribution < 1.29 is 14.3 Å². The Morgan fingerprint density at radius 2 is 1.97 bits per heavy atom. The average Bonchev–Trinajstić information content (AvgIpc) is 3.42. The van der Waals surface area contributed by atoms with Gasteiger partial charge in [0, 0.05) is 25.9 Å². The fourth-order valence-electron chi connectivity index (χ4n) is 3.53. The average molecular weight is 433 g/mol. The van der Waals surface area contributed by atoms with Crippen molar-refractivity contribution in [2.24, 2.45) is 0 Å². The zero-order chi connectivity index (χ0) is 21.4. The fourth-order valence-corrected chi connectivity index (χ4v) is 3.53. The highest BCUT2D eigenvalue weighted by Gasteiger charge is 2.31. The summed E-state index contributed by atoms with van der Waals surface area (Å²) in [5.74, 6) is -0.232. The maximum Gasteiger partial charge on any atom is 0.272 e. The summed E-state index contributed by atoms with van der Waals surface area (Å²) in [6.45, 7) is 0.594. The van der Waals surface area contributed by atoms with Crippen molar-refractivity contribution in [2.75, 3.05) is 18.6 Å². The summed E-state index contributed by atoms with van der Waals surface area (Å²) in [6.07, 6.45) is 3.25. The number of imidazole rings is 1. The molecule has 0 unspecified atom stereocenters. The van der Waals surface area contributed by atoms with Crippen LogP contribution < -0.4 is 15.0 Å². The quantitative estimate of drug-likeness (QED) is 0.508. The molecule has 164 valence electrons. The molecule has 10 nitrogen and oxygen atoms in total. The molecular weight excluding hydrogens is 410 g/mol. The van der Waals surface area contributed by atoms with Crippen molar-refractivity contribution in [3.63, 3.8) is 0 Å². The van der Waals surface area contributed by atoms with Crippen LogP contribution >= 0.6 is 0 Å². The van der Waals surface area contributed by atoms with Gasteiger partial charge in [0.1, 0.15) is 35.1 Å². The first-order valence-electron chi connectivity index (χ1n) is 9.70. The summed E-state index contributed by atoms with van der Waals surface area (Å²) in [4.78, 5) is 31.3. The van der Waals surface area contributed by atoms with E-state index in [1.165, 1.54) is 4.90 Å². The first-order chi connectivity index (χ1) is 15.1. The van der Waals surface area contributed by atoms with Crippen LogP contribution in [0.15, 0.2) is 55.0 Å². The van der Waals surface area contributed by atoms with E-state index in [0.717, 1.165) is 5.56 Å². The number of rotatable bonds is 4. The summed E-state index contributed by atoms with van der Waals surface area (Å²) >= 11 is 0. The molecule has 10 heteroatoms. The molecule has 0 radical (unpaired) electrons. The van der Waals surface area contributed by atoms with E-state index in [4.69, 9.17) is 4.74 Å². The number of aromatic nitrogens is 5. The lowest BCUT2D eigenvalue weighted by atomic mass is 10.2. The minimum absolute atomic E-state index is 0. The van der Waals surface area contributed by atoms with Crippen LogP contribution in [-0.2, 0) is 11.3 Å². The molecule has 2 aromatic carbocycles. The summed E-state index contributed by atoms with van der Waals surface area (Å²) < 4.78 is 7.64. The van der Waals surface area contributed by atoms with Gasteiger partial charge in [0.25, 0.3) is 11.8 Å². The number of nitrogens with zero attached hydrogens (tertiary/aromatic N) is 5. The van der Waals surface area contributed by atoms with Gasteiger partial charge in [-0.05, 0) is 11.6 Å². The number of aromatic amines is 1. The zero-order valence-corrected chi connectivity index (χ0v) is 16.6. The first-order valence-corrected chi connectivity index (χ1v) is 9.70. The SMILES string of the molecule is C.CN1C(=O)[C@@H](NC(=O)c2cn(Cc3ccccc3)cn2)COc2cc3n[nH]nc3cc21. The molecule has 0 spiro atoms. The highest BCUT2D eigenvalue weighted by molar-refractivity contribution is 6.03. The Morgan fingerprint density at radius 1 is 1.22 bits per heavy atom. The van der Waals surface area contributed by atoms with Gasteiger partial charge < -0.3 is 19.5 Å². The van der Waals surface area contributed by atoms with E-state index in [1.807, 2.05) is 34.9 Å². The molecule has 2 aromatic heterocycles. The Kier molecular flexibility index (Phi) is 5.59. The van der Waals surface area contributed by atoms with Gasteiger partial charge in [-0.2, -0.15) is 15.4 Å². The molecule has 0 fully saturated rings. The minimum Gasteiger partial charge on any atom is -0.489 e. The van der Waals surface area contributed by atoms with E-state index in [1.54, 1.807) is 31.7 Å². The second kappa shape index (κ2) is 8.50. The Hall–Kier alpha value is -4.21. The molecule has 32 heavy (non-hydrogen) atoms. The number of carbonyl (C=O) groups is 2. The summed E-state index contributed by atoms with van der Waals surface area (Å²) in [5.41, 5.74) is 3.14. The topological polar surface area (TPSA) is 118 Å². The predicted molar refractivity (Wildman–Crippen MR) is 119 cm³/mol. The molecule has 0 saturated heterocycles. The van der Waals surface area contributed by atoms with Gasteiger partial charge >= 0.3 is 0 Å². The number of hydrogen-bond donors (Lipinski definition) is 2. The number of carbonyl (C=O) groups excluding carboxylic acids is 2. The molecule has 1 aliphatic heterocycles. The number of nitrogens with one attached hydrogen (secondary N) is 2. The van der Waals surface area contributed by atoms with Gasteiger partial charge in [-0.3, -0.25) is 9.59 Å². The Bertz CT molecular complexity index is 1270. The highest BCUT2D eigenvalue weighted by Crippen LogP contribution is 2.33. The number of fused-ring (bicyclic) bond motifs is 2. The molecule has 4 aromatic rings. The van der Waals surface area contributed by atoms with Crippen LogP contribution in [0.3, 0.4) is 0 Å². The lowest BCUT2D eigenvalue weighted by Gasteiger charge is -2.20. The third-order valence-electron chi connectivity index (χ3n) is 5.17. The molecular formula is C22H23N7O3. The maximum absolute atomic E-state index is 13.0. The minimum atomic E-state index is -0.856. The van der Waals surface area contributed by atoms with Crippen LogP contribution in [0.5, 0.6) is 5.75 Å². The van der Waals surface area contributed by atoms with E-state index >= 15 is 0 Å². The van der Waals surface area contributed by atoms with Gasteiger partial charge in [0.2, 0.25) is 0 Å². The Labute approximate surface area is 184 Å². The van der Waals surface area contributed by atoms with Crippen molar-refractivity contribution >= 4 is 28.5 Å². The smallest absolute Gasteiger partial charge is 0.272 e. The number of benzene rings is 2. The van der Waals surface area contributed by atoms with Gasteiger partial charge in [0.15, 0.2) is 0 Å². The second-order valence-corrected chi connectivity index (χ2v) is 7.28. The van der Waals surface area contributed by atoms with Gasteiger partial charge in [-0.1, -0.05) is 37.8 Å². The number of ether oxygens (including phenoxy) is 1. The largest absolute Gasteiger partial charge is 0.489 e. The maximum atomic E-state index is 13.0. The normalized spacial score (nSPS) is 15.5. The fraction of sp³-hybridized carbons (Fsp3) is 0.227. The molecule has 2 N–H and O–H groups in total. The Balaban J connectivity index is 0.00000245. The standard InChI is InChI=1S/C21H19N7O3.CH4/c1-27-18-7-14-15(25-26-24-14)8-19(18)31-11-17(21(27)30)23-20(29)16-10-28(12-22-16)9-13-5-3-2-4-6-13;/h2-8,10,12,17H,9,11H2,1H3,(H,23,29)(H,24,25,26);1H4/t17-;/m0./s1. The van der Waals surface area contributed by atoms with Crippen LogP contribution in [0.1, 0.15) is 23.5 Å². The van der Waals surface area contributed by atoms with E-state index in [2.05, 4.69) is 25.7 Å². The monoisotopic (exact) mass is 433 g/mol. The number of H-pyrrole nitrogens is 1. The third-order valence-corrected chi connectivity index (χ3v) is 5.17. The van der Waals surface area contributed by atoms with E-state index in [-0.39, 0.29) is 25.6 Å². The van der Waals surface area contributed by atoms with Crippen LogP contribution in [0, 0.1) is 0 Å². The van der Waals surface area contributed by atoms with Crippen molar-refractivity contribution in [2.45, 2.75) is 20.0 Å². The number of likely N-dealkylation sites (N-methyl/N-ethyl adjacent to an activating group) is 1. The molecule has 5 rings (SSSR count). The molecule has 2 amide bonds. The van der Waals surface area contributed by atoms with Crippen molar-refractivity contribution in [1.82, 2.24) is 30.3 Å². The molecule has 0 saturated carbocycles. The zero-order valence-electron chi connectivity index (χ0n) is 16.6. The van der Waals surface area contributed by atoms with Crippen molar-refractivity contribution in [3.05, 3.63) is 66.2 Å². The van der Waals surface area contributed by atoms with Crippen LogP contribution in [0.4, 0.5) is 5.69 Å². The number of amides is 2. The molecule has 0 bridgehead atoms. The van der Waals surface area contributed by atoms with E-state index < -0.39 is 11.9 Å². The third kappa shape index (κ3) is 3.89. The van der Waals surface area contributed by atoms with Gasteiger partial charge in [0.05, 0.1) is 12.0 Å². The van der Waals surface area contributed by atoms with Crippen LogP contribution in [0.25, 0.3) is 11.0 Å². The van der Waals surface area contributed by atoms with E-state index in [0.29, 0.717) is 29.0 Å². The van der Waals surface area contributed by atoms with E-state index in [9.17, 15) is 9.59 Å². The van der Waals surface area contributed by atoms with Crippen LogP contribution in [-0.4, -0.2) is 56.5 Å². The summed E-state index contributed by atoms with van der Waals surface area (Å²) in [6, 6.07) is 12.5. The van der Waals surface area contributed by atoms with Crippen molar-refractivity contribution in [1.29, 1.82) is 0 Å². The second-order valence-electron chi connectivity index (χ2n) is 7.28. The molecule has 3 heterocycles. The summed E-state index contributed by atoms with van der Waals surface area (Å²) in [5, 5.41) is 13.4. The van der Waals surface area contributed by atoms with Gasteiger partial charge in [-0.15, -0.1) is 0 Å². The Morgan fingerprint density at radius 3 is 2.75 bits per heavy atom. The highest BCUT2D eigenvalue weighted by atomic mass is 16.5. The van der Waals surface area contributed by atoms with Gasteiger partial charge in [-0.25, -0.2) is 4.98 Å².